The topological polar surface area (TPSA) is 80.0 Å². The molecule has 1 aromatic heterocycles. The minimum atomic E-state index is -0.813. The number of Topliss-reactive ketones (excluding diaryl/α,β-unsaturated/α-hetero) is 1. The molecule has 0 aliphatic carbocycles. The van der Waals surface area contributed by atoms with Crippen molar-refractivity contribution in [1.29, 1.82) is 0 Å². The van der Waals surface area contributed by atoms with Crippen LogP contribution >= 0.6 is 0 Å². The first kappa shape index (κ1) is 21.5. The summed E-state index contributed by atoms with van der Waals surface area (Å²) in [4.78, 5) is 27.8. The van der Waals surface area contributed by atoms with Crippen molar-refractivity contribution in [3.8, 4) is 5.75 Å². The molecule has 0 bridgehead atoms. The Hall–Kier alpha value is -4.32. The van der Waals surface area contributed by atoms with E-state index >= 15 is 0 Å². The van der Waals surface area contributed by atoms with E-state index in [1.54, 1.807) is 25.3 Å². The Kier molecular flexibility index (Phi) is 5.64. The third-order valence-electron chi connectivity index (χ3n) is 6.20. The van der Waals surface area contributed by atoms with Crippen molar-refractivity contribution in [1.82, 2.24) is 4.90 Å². The van der Waals surface area contributed by atoms with Gasteiger partial charge in [0.2, 0.25) is 0 Å². The zero-order chi connectivity index (χ0) is 23.7. The van der Waals surface area contributed by atoms with Crippen molar-refractivity contribution in [3.05, 3.63) is 108 Å². The second kappa shape index (κ2) is 8.90. The average molecular weight is 453 g/mol. The van der Waals surface area contributed by atoms with Crippen LogP contribution in [0.1, 0.15) is 22.9 Å². The van der Waals surface area contributed by atoms with Gasteiger partial charge in [-0.2, -0.15) is 0 Å². The van der Waals surface area contributed by atoms with Crippen molar-refractivity contribution < 1.29 is 23.8 Å². The minimum Gasteiger partial charge on any atom is -0.507 e. The number of carbonyl (C=O) groups excluding carboxylic acids is 2. The summed E-state index contributed by atoms with van der Waals surface area (Å²) in [5.74, 6) is -0.410. The maximum Gasteiger partial charge on any atom is 0.295 e. The SMILES string of the molecule is COc1ccc(CCN2C(=O)C(=O)/C(=C(\O)c3cccc4ccccc34)C2c2ccco2)cc1. The van der Waals surface area contributed by atoms with E-state index in [1.165, 1.54) is 11.2 Å². The van der Waals surface area contributed by atoms with Crippen molar-refractivity contribution >= 4 is 28.2 Å². The monoisotopic (exact) mass is 453 g/mol. The molecule has 1 unspecified atom stereocenters. The van der Waals surface area contributed by atoms with Crippen LogP contribution in [0.15, 0.2) is 95.1 Å². The molecule has 170 valence electrons. The van der Waals surface area contributed by atoms with Crippen LogP contribution in [0.5, 0.6) is 5.75 Å². The second-order valence-electron chi connectivity index (χ2n) is 8.13. The molecule has 6 heteroatoms. The number of likely N-dealkylation sites (tertiary alicyclic amines) is 1. The zero-order valence-electron chi connectivity index (χ0n) is 18.6. The van der Waals surface area contributed by atoms with E-state index in [1.807, 2.05) is 60.7 Å². The first-order chi connectivity index (χ1) is 16.6. The van der Waals surface area contributed by atoms with Crippen LogP contribution in [0, 0.1) is 0 Å². The van der Waals surface area contributed by atoms with Crippen LogP contribution in [0.4, 0.5) is 0 Å². The summed E-state index contributed by atoms with van der Waals surface area (Å²) in [5.41, 5.74) is 1.53. The summed E-state index contributed by atoms with van der Waals surface area (Å²) in [6.45, 7) is 0.286. The fraction of sp³-hybridized carbons (Fsp3) is 0.143. The molecule has 0 spiro atoms. The zero-order valence-corrected chi connectivity index (χ0v) is 18.6. The highest BCUT2D eigenvalue weighted by Crippen LogP contribution is 2.40. The molecule has 2 heterocycles. The molecule has 4 aromatic rings. The van der Waals surface area contributed by atoms with Crippen molar-refractivity contribution in [2.45, 2.75) is 12.5 Å². The maximum atomic E-state index is 13.2. The van der Waals surface area contributed by atoms with Gasteiger partial charge in [0, 0.05) is 12.1 Å². The number of ether oxygens (including phenoxy) is 1. The van der Waals surface area contributed by atoms with Crippen LogP contribution in [-0.2, 0) is 16.0 Å². The van der Waals surface area contributed by atoms with Gasteiger partial charge in [0.1, 0.15) is 23.3 Å². The molecular weight excluding hydrogens is 430 g/mol. The van der Waals surface area contributed by atoms with Crippen molar-refractivity contribution in [2.75, 3.05) is 13.7 Å². The van der Waals surface area contributed by atoms with Crippen LogP contribution < -0.4 is 4.74 Å². The number of carbonyl (C=O) groups is 2. The third-order valence-corrected chi connectivity index (χ3v) is 6.20. The second-order valence-corrected chi connectivity index (χ2v) is 8.13. The normalized spacial score (nSPS) is 17.4. The number of nitrogens with zero attached hydrogens (tertiary/aromatic N) is 1. The number of hydrogen-bond acceptors (Lipinski definition) is 5. The lowest BCUT2D eigenvalue weighted by Gasteiger charge is -2.23. The fourth-order valence-corrected chi connectivity index (χ4v) is 4.47. The van der Waals surface area contributed by atoms with E-state index < -0.39 is 17.7 Å². The molecule has 5 rings (SSSR count). The fourth-order valence-electron chi connectivity index (χ4n) is 4.47. The van der Waals surface area contributed by atoms with Gasteiger partial charge in [0.05, 0.1) is 18.9 Å². The molecule has 1 atom stereocenters. The Balaban J connectivity index is 1.56. The molecule has 3 aromatic carbocycles. The Morgan fingerprint density at radius 3 is 2.47 bits per heavy atom. The van der Waals surface area contributed by atoms with Gasteiger partial charge in [-0.15, -0.1) is 0 Å². The van der Waals surface area contributed by atoms with Gasteiger partial charge < -0.3 is 19.2 Å². The molecule has 0 radical (unpaired) electrons. The number of benzene rings is 3. The number of aliphatic hydroxyl groups is 1. The highest BCUT2D eigenvalue weighted by Gasteiger charge is 2.47. The smallest absolute Gasteiger partial charge is 0.295 e. The van der Waals surface area contributed by atoms with Crippen LogP contribution in [0.25, 0.3) is 16.5 Å². The predicted molar refractivity (Wildman–Crippen MR) is 128 cm³/mol. The molecule has 1 N–H and O–H groups in total. The number of aliphatic hydroxyl groups excluding tert-OH is 1. The Morgan fingerprint density at radius 1 is 0.971 bits per heavy atom. The number of amides is 1. The molecule has 1 aliphatic heterocycles. The van der Waals surface area contributed by atoms with E-state index in [-0.39, 0.29) is 17.9 Å². The summed E-state index contributed by atoms with van der Waals surface area (Å²) in [6, 6.07) is 23.3. The summed E-state index contributed by atoms with van der Waals surface area (Å²) in [5, 5.41) is 13.1. The summed E-state index contributed by atoms with van der Waals surface area (Å²) in [6.07, 6.45) is 2.03. The molecule has 6 nitrogen and oxygen atoms in total. The van der Waals surface area contributed by atoms with Crippen LogP contribution in [0.3, 0.4) is 0 Å². The van der Waals surface area contributed by atoms with Crippen molar-refractivity contribution in [3.63, 3.8) is 0 Å². The van der Waals surface area contributed by atoms with Gasteiger partial charge in [-0.05, 0) is 47.0 Å². The molecule has 0 saturated carbocycles. The van der Waals surface area contributed by atoms with Gasteiger partial charge in [0.15, 0.2) is 0 Å². The van der Waals surface area contributed by atoms with Gasteiger partial charge in [-0.3, -0.25) is 9.59 Å². The van der Waals surface area contributed by atoms with Gasteiger partial charge in [0.25, 0.3) is 11.7 Å². The van der Waals surface area contributed by atoms with E-state index in [0.29, 0.717) is 17.7 Å². The average Bonchev–Trinajstić information content (AvgIpc) is 3.49. The first-order valence-corrected chi connectivity index (χ1v) is 11.0. The summed E-state index contributed by atoms with van der Waals surface area (Å²) < 4.78 is 10.8. The lowest BCUT2D eigenvalue weighted by molar-refractivity contribution is -0.140. The van der Waals surface area contributed by atoms with Crippen LogP contribution in [-0.4, -0.2) is 35.4 Å². The van der Waals surface area contributed by atoms with Crippen LogP contribution in [0.2, 0.25) is 0 Å². The number of fused-ring (bicyclic) bond motifs is 1. The standard InChI is InChI=1S/C28H23NO5/c1-33-20-13-11-18(12-14-20)15-16-29-25(23-10-5-17-34-23)24(27(31)28(29)32)26(30)22-9-4-7-19-6-2-3-8-21(19)22/h2-14,17,25,30H,15-16H2,1H3/b26-24-. The molecule has 34 heavy (non-hydrogen) atoms. The van der Waals surface area contributed by atoms with E-state index in [4.69, 9.17) is 9.15 Å². The lowest BCUT2D eigenvalue weighted by atomic mass is 9.96. The number of furan rings is 1. The Morgan fingerprint density at radius 2 is 1.74 bits per heavy atom. The maximum absolute atomic E-state index is 13.2. The molecule has 1 fully saturated rings. The Labute approximate surface area is 196 Å². The molecule has 1 amide bonds. The van der Waals surface area contributed by atoms with Crippen molar-refractivity contribution in [2.24, 2.45) is 0 Å². The molecule has 1 aliphatic rings. The highest BCUT2D eigenvalue weighted by molar-refractivity contribution is 6.46. The molecular formula is C28H23NO5. The summed E-state index contributed by atoms with van der Waals surface area (Å²) in [7, 11) is 1.60. The number of ketones is 1. The largest absolute Gasteiger partial charge is 0.507 e. The minimum absolute atomic E-state index is 0.0334. The van der Waals surface area contributed by atoms with Gasteiger partial charge >= 0.3 is 0 Å². The first-order valence-electron chi connectivity index (χ1n) is 11.0. The number of methoxy groups -OCH3 is 1. The highest BCUT2D eigenvalue weighted by atomic mass is 16.5. The predicted octanol–water partition coefficient (Wildman–Crippen LogP) is 5.11. The Bertz CT molecular complexity index is 1380. The van der Waals surface area contributed by atoms with E-state index in [9.17, 15) is 14.7 Å². The lowest BCUT2D eigenvalue weighted by Crippen LogP contribution is -2.31. The number of hydrogen-bond donors (Lipinski definition) is 1. The quantitative estimate of drug-likeness (QED) is 0.249. The summed E-state index contributed by atoms with van der Waals surface area (Å²) >= 11 is 0. The van der Waals surface area contributed by atoms with Gasteiger partial charge in [-0.25, -0.2) is 0 Å². The van der Waals surface area contributed by atoms with E-state index in [2.05, 4.69) is 0 Å². The molecule has 1 saturated heterocycles. The third kappa shape index (κ3) is 3.73. The van der Waals surface area contributed by atoms with Gasteiger partial charge in [-0.1, -0.05) is 54.6 Å². The number of rotatable bonds is 6. The van der Waals surface area contributed by atoms with E-state index in [0.717, 1.165) is 22.1 Å².